The summed E-state index contributed by atoms with van der Waals surface area (Å²) in [5.74, 6) is 0.124. The van der Waals surface area contributed by atoms with Crippen molar-refractivity contribution in [3.05, 3.63) is 78.4 Å². The molecule has 1 aliphatic rings. The van der Waals surface area contributed by atoms with Crippen molar-refractivity contribution in [2.24, 2.45) is 0 Å². The van der Waals surface area contributed by atoms with E-state index in [2.05, 4.69) is 36.4 Å². The van der Waals surface area contributed by atoms with E-state index in [1.54, 1.807) is 6.08 Å². The number of nitrogens with zero attached hydrogens (tertiary/aromatic N) is 1. The van der Waals surface area contributed by atoms with Crippen molar-refractivity contribution in [3.8, 4) is 11.1 Å². The van der Waals surface area contributed by atoms with Gasteiger partial charge in [0.25, 0.3) is 0 Å². The van der Waals surface area contributed by atoms with Crippen molar-refractivity contribution in [3.63, 3.8) is 0 Å². The molecule has 1 aliphatic heterocycles. The van der Waals surface area contributed by atoms with Gasteiger partial charge in [-0.25, -0.2) is 0 Å². The molecule has 1 amide bonds. The number of allylic oxidation sites excluding steroid dienone is 2. The van der Waals surface area contributed by atoms with E-state index in [1.165, 1.54) is 17.5 Å². The number of piperidine rings is 1. The SMILES string of the molecule is O=C(/C=C/C=C/c1ccc(-c2ccccc2)cc1)N1CCCCC1. The smallest absolute Gasteiger partial charge is 0.246 e. The van der Waals surface area contributed by atoms with Gasteiger partial charge in [0.1, 0.15) is 0 Å². The molecule has 0 saturated carbocycles. The van der Waals surface area contributed by atoms with Crippen LogP contribution in [0.2, 0.25) is 0 Å². The van der Waals surface area contributed by atoms with Gasteiger partial charge in [0, 0.05) is 19.2 Å². The predicted molar refractivity (Wildman–Crippen MR) is 100 cm³/mol. The van der Waals surface area contributed by atoms with E-state index < -0.39 is 0 Å². The number of benzene rings is 2. The summed E-state index contributed by atoms with van der Waals surface area (Å²) in [6.07, 6.45) is 11.0. The lowest BCUT2D eigenvalue weighted by atomic mass is 10.0. The molecule has 2 heteroatoms. The fourth-order valence-electron chi connectivity index (χ4n) is 2.94. The average molecular weight is 317 g/mol. The Labute approximate surface area is 144 Å². The fourth-order valence-corrected chi connectivity index (χ4v) is 2.94. The highest BCUT2D eigenvalue weighted by Crippen LogP contribution is 2.19. The van der Waals surface area contributed by atoms with Crippen molar-refractivity contribution >= 4 is 12.0 Å². The molecule has 2 aromatic carbocycles. The minimum absolute atomic E-state index is 0.124. The van der Waals surface area contributed by atoms with E-state index in [0.717, 1.165) is 31.5 Å². The van der Waals surface area contributed by atoms with E-state index in [9.17, 15) is 4.79 Å². The summed E-state index contributed by atoms with van der Waals surface area (Å²) < 4.78 is 0. The summed E-state index contributed by atoms with van der Waals surface area (Å²) >= 11 is 0. The zero-order valence-corrected chi connectivity index (χ0v) is 13.9. The second-order valence-corrected chi connectivity index (χ2v) is 6.09. The topological polar surface area (TPSA) is 20.3 Å². The fraction of sp³-hybridized carbons (Fsp3) is 0.227. The van der Waals surface area contributed by atoms with Crippen molar-refractivity contribution in [1.82, 2.24) is 4.90 Å². The molecule has 3 rings (SSSR count). The van der Waals surface area contributed by atoms with E-state index >= 15 is 0 Å². The Hall–Kier alpha value is -2.61. The quantitative estimate of drug-likeness (QED) is 0.578. The van der Waals surface area contributed by atoms with Crippen LogP contribution < -0.4 is 0 Å². The minimum Gasteiger partial charge on any atom is -0.339 e. The summed E-state index contributed by atoms with van der Waals surface area (Å²) in [7, 11) is 0. The molecule has 1 fully saturated rings. The molecule has 2 aromatic rings. The number of hydrogen-bond acceptors (Lipinski definition) is 1. The van der Waals surface area contributed by atoms with Crippen LogP contribution in [-0.4, -0.2) is 23.9 Å². The van der Waals surface area contributed by atoms with Crippen LogP contribution in [0.5, 0.6) is 0 Å². The van der Waals surface area contributed by atoms with Gasteiger partial charge in [0.2, 0.25) is 5.91 Å². The van der Waals surface area contributed by atoms with Crippen LogP contribution in [-0.2, 0) is 4.79 Å². The molecule has 1 heterocycles. The highest BCUT2D eigenvalue weighted by molar-refractivity contribution is 5.88. The first-order chi connectivity index (χ1) is 11.8. The average Bonchev–Trinajstić information content (AvgIpc) is 2.67. The van der Waals surface area contributed by atoms with Gasteiger partial charge in [-0.2, -0.15) is 0 Å². The molecular formula is C22H23NO. The summed E-state index contributed by atoms with van der Waals surface area (Å²) in [4.78, 5) is 13.9. The lowest BCUT2D eigenvalue weighted by molar-refractivity contribution is -0.126. The van der Waals surface area contributed by atoms with Crippen LogP contribution in [0.4, 0.5) is 0 Å². The van der Waals surface area contributed by atoms with E-state index in [-0.39, 0.29) is 5.91 Å². The first-order valence-electron chi connectivity index (χ1n) is 8.62. The number of likely N-dealkylation sites (tertiary alicyclic amines) is 1. The number of hydrogen-bond donors (Lipinski definition) is 0. The maximum absolute atomic E-state index is 12.0. The van der Waals surface area contributed by atoms with Crippen LogP contribution in [0, 0.1) is 0 Å². The van der Waals surface area contributed by atoms with Gasteiger partial charge in [0.05, 0.1) is 0 Å². The molecule has 0 aromatic heterocycles. The molecular weight excluding hydrogens is 294 g/mol. The van der Waals surface area contributed by atoms with E-state index in [1.807, 2.05) is 41.3 Å². The molecule has 0 atom stereocenters. The summed E-state index contributed by atoms with van der Waals surface area (Å²) in [5.41, 5.74) is 3.56. The third-order valence-corrected chi connectivity index (χ3v) is 4.32. The second-order valence-electron chi connectivity index (χ2n) is 6.09. The molecule has 0 radical (unpaired) electrons. The predicted octanol–water partition coefficient (Wildman–Crippen LogP) is 4.94. The molecule has 0 N–H and O–H groups in total. The Morgan fingerprint density at radius 3 is 2.17 bits per heavy atom. The van der Waals surface area contributed by atoms with Crippen molar-refractivity contribution in [2.75, 3.05) is 13.1 Å². The lowest BCUT2D eigenvalue weighted by Gasteiger charge is -2.25. The van der Waals surface area contributed by atoms with Gasteiger partial charge in [0.15, 0.2) is 0 Å². The Morgan fingerprint density at radius 2 is 1.46 bits per heavy atom. The van der Waals surface area contributed by atoms with Gasteiger partial charge in [-0.15, -0.1) is 0 Å². The van der Waals surface area contributed by atoms with Gasteiger partial charge < -0.3 is 4.90 Å². The maximum Gasteiger partial charge on any atom is 0.246 e. The Bertz CT molecular complexity index is 707. The van der Waals surface area contributed by atoms with Crippen molar-refractivity contribution in [2.45, 2.75) is 19.3 Å². The second kappa shape index (κ2) is 8.30. The van der Waals surface area contributed by atoms with Crippen molar-refractivity contribution in [1.29, 1.82) is 0 Å². The van der Waals surface area contributed by atoms with Gasteiger partial charge in [-0.1, -0.05) is 72.8 Å². The Balaban J connectivity index is 1.56. The first-order valence-corrected chi connectivity index (χ1v) is 8.62. The maximum atomic E-state index is 12.0. The van der Waals surface area contributed by atoms with Crippen LogP contribution in [0.1, 0.15) is 24.8 Å². The van der Waals surface area contributed by atoms with Gasteiger partial charge >= 0.3 is 0 Å². The van der Waals surface area contributed by atoms with Crippen LogP contribution >= 0.6 is 0 Å². The zero-order valence-electron chi connectivity index (χ0n) is 13.9. The van der Waals surface area contributed by atoms with Crippen LogP contribution in [0.15, 0.2) is 72.8 Å². The molecule has 0 unspecified atom stereocenters. The Kier molecular flexibility index (Phi) is 5.62. The number of amides is 1. The largest absolute Gasteiger partial charge is 0.339 e. The highest BCUT2D eigenvalue weighted by atomic mass is 16.2. The summed E-state index contributed by atoms with van der Waals surface area (Å²) in [6.45, 7) is 1.79. The van der Waals surface area contributed by atoms with Gasteiger partial charge in [-0.05, 0) is 36.0 Å². The summed E-state index contributed by atoms with van der Waals surface area (Å²) in [5, 5.41) is 0. The van der Waals surface area contributed by atoms with Crippen LogP contribution in [0.25, 0.3) is 17.2 Å². The molecule has 0 bridgehead atoms. The molecule has 1 saturated heterocycles. The molecule has 2 nitrogen and oxygen atoms in total. The van der Waals surface area contributed by atoms with Gasteiger partial charge in [-0.3, -0.25) is 4.79 Å². The Morgan fingerprint density at radius 1 is 0.792 bits per heavy atom. The third-order valence-electron chi connectivity index (χ3n) is 4.32. The van der Waals surface area contributed by atoms with E-state index in [4.69, 9.17) is 0 Å². The molecule has 0 aliphatic carbocycles. The molecule has 24 heavy (non-hydrogen) atoms. The number of carbonyl (C=O) groups is 1. The third kappa shape index (κ3) is 4.45. The highest BCUT2D eigenvalue weighted by Gasteiger charge is 2.13. The molecule has 0 spiro atoms. The summed E-state index contributed by atoms with van der Waals surface area (Å²) in [6, 6.07) is 18.8. The number of rotatable bonds is 4. The lowest BCUT2D eigenvalue weighted by Crippen LogP contribution is -2.34. The normalized spacial score (nSPS) is 15.2. The van der Waals surface area contributed by atoms with Crippen LogP contribution in [0.3, 0.4) is 0 Å². The zero-order chi connectivity index (χ0) is 16.6. The first kappa shape index (κ1) is 16.3. The monoisotopic (exact) mass is 317 g/mol. The van der Waals surface area contributed by atoms with Crippen molar-refractivity contribution < 1.29 is 4.79 Å². The number of carbonyl (C=O) groups excluding carboxylic acids is 1. The standard InChI is InChI=1S/C22H23NO/c24-22(23-17-7-2-8-18-23)12-6-5-9-19-13-15-21(16-14-19)20-10-3-1-4-11-20/h1,3-6,9-16H,2,7-8,17-18H2/b9-5+,12-6+. The van der Waals surface area contributed by atoms with E-state index in [0.29, 0.717) is 0 Å². The minimum atomic E-state index is 0.124. The molecule has 122 valence electrons.